The Morgan fingerprint density at radius 3 is 2.57 bits per heavy atom. The summed E-state index contributed by atoms with van der Waals surface area (Å²) in [6, 6.07) is 12.3. The zero-order chi connectivity index (χ0) is 21.6. The van der Waals surface area contributed by atoms with Crippen molar-refractivity contribution < 1.29 is 9.15 Å². The molecule has 2 rings (SSSR count). The van der Waals surface area contributed by atoms with E-state index in [0.29, 0.717) is 12.6 Å². The number of guanidine groups is 1. The standard InChI is InChI=1S/C24H38N4O2/c1-5-28(6-2)17-7-9-20(3)27-24(25-16-15-23-10-8-18-30-23)26-19-21-11-13-22(29-4)14-12-21/h8,10-14,18,20H,5-7,9,15-17,19H2,1-4H3,(H2,25,26,27). The van der Waals surface area contributed by atoms with E-state index in [4.69, 9.17) is 14.1 Å². The van der Waals surface area contributed by atoms with Crippen LogP contribution in [0, 0.1) is 0 Å². The molecular formula is C24H38N4O2. The van der Waals surface area contributed by atoms with Crippen molar-refractivity contribution in [2.75, 3.05) is 33.3 Å². The van der Waals surface area contributed by atoms with E-state index >= 15 is 0 Å². The molecule has 0 saturated heterocycles. The molecule has 30 heavy (non-hydrogen) atoms. The predicted molar refractivity (Wildman–Crippen MR) is 124 cm³/mol. The van der Waals surface area contributed by atoms with E-state index in [1.807, 2.05) is 24.3 Å². The summed E-state index contributed by atoms with van der Waals surface area (Å²) in [6.07, 6.45) is 4.82. The summed E-state index contributed by atoms with van der Waals surface area (Å²) in [5.41, 5.74) is 1.15. The molecule has 0 aliphatic rings. The molecule has 0 radical (unpaired) electrons. The molecule has 6 nitrogen and oxygen atoms in total. The lowest BCUT2D eigenvalue weighted by molar-refractivity contribution is 0.292. The van der Waals surface area contributed by atoms with Gasteiger partial charge in [-0.1, -0.05) is 26.0 Å². The van der Waals surface area contributed by atoms with Gasteiger partial charge >= 0.3 is 0 Å². The predicted octanol–water partition coefficient (Wildman–Crippen LogP) is 4.08. The Labute approximate surface area is 181 Å². The average Bonchev–Trinajstić information content (AvgIpc) is 3.29. The van der Waals surface area contributed by atoms with E-state index in [1.54, 1.807) is 13.4 Å². The second kappa shape index (κ2) is 13.7. The lowest BCUT2D eigenvalue weighted by atomic mass is 10.2. The van der Waals surface area contributed by atoms with Gasteiger partial charge in [0.15, 0.2) is 5.96 Å². The van der Waals surface area contributed by atoms with Crippen LogP contribution in [0.2, 0.25) is 0 Å². The van der Waals surface area contributed by atoms with Gasteiger partial charge in [0.1, 0.15) is 11.5 Å². The third kappa shape index (κ3) is 8.91. The summed E-state index contributed by atoms with van der Waals surface area (Å²) >= 11 is 0. The minimum Gasteiger partial charge on any atom is -0.497 e. The Hall–Kier alpha value is -2.47. The first-order chi connectivity index (χ1) is 14.6. The van der Waals surface area contributed by atoms with Gasteiger partial charge in [0, 0.05) is 19.0 Å². The van der Waals surface area contributed by atoms with Crippen LogP contribution >= 0.6 is 0 Å². The maximum atomic E-state index is 5.43. The van der Waals surface area contributed by atoms with Crippen LogP contribution in [0.4, 0.5) is 0 Å². The average molecular weight is 415 g/mol. The van der Waals surface area contributed by atoms with Crippen molar-refractivity contribution in [3.63, 3.8) is 0 Å². The molecule has 6 heteroatoms. The molecule has 0 fully saturated rings. The number of ether oxygens (including phenoxy) is 1. The monoisotopic (exact) mass is 414 g/mol. The van der Waals surface area contributed by atoms with Crippen LogP contribution in [0.1, 0.15) is 44.9 Å². The molecular weight excluding hydrogens is 376 g/mol. The van der Waals surface area contributed by atoms with Crippen LogP contribution < -0.4 is 15.4 Å². The number of hydrogen-bond acceptors (Lipinski definition) is 4. The van der Waals surface area contributed by atoms with E-state index in [2.05, 4.69) is 48.4 Å². The number of hydrogen-bond donors (Lipinski definition) is 2. The van der Waals surface area contributed by atoms with E-state index in [-0.39, 0.29) is 0 Å². The normalized spacial score (nSPS) is 12.8. The van der Waals surface area contributed by atoms with Gasteiger partial charge in [0.2, 0.25) is 0 Å². The summed E-state index contributed by atoms with van der Waals surface area (Å²) in [5, 5.41) is 7.01. The van der Waals surface area contributed by atoms with Crippen molar-refractivity contribution in [3.8, 4) is 5.75 Å². The van der Waals surface area contributed by atoms with Crippen molar-refractivity contribution in [1.29, 1.82) is 0 Å². The molecule has 166 valence electrons. The lowest BCUT2D eigenvalue weighted by Gasteiger charge is -2.21. The van der Waals surface area contributed by atoms with E-state index in [9.17, 15) is 0 Å². The van der Waals surface area contributed by atoms with Crippen LogP contribution in [0.25, 0.3) is 0 Å². The molecule has 1 heterocycles. The summed E-state index contributed by atoms with van der Waals surface area (Å²) in [7, 11) is 1.68. The second-order valence-corrected chi connectivity index (χ2v) is 7.48. The molecule has 0 aliphatic carbocycles. The van der Waals surface area contributed by atoms with Gasteiger partial charge in [-0.15, -0.1) is 0 Å². The van der Waals surface area contributed by atoms with E-state index in [0.717, 1.165) is 62.1 Å². The van der Waals surface area contributed by atoms with Crippen LogP contribution in [0.3, 0.4) is 0 Å². The minimum absolute atomic E-state index is 0.353. The van der Waals surface area contributed by atoms with Gasteiger partial charge in [0.25, 0.3) is 0 Å². The van der Waals surface area contributed by atoms with Gasteiger partial charge in [0.05, 0.1) is 19.9 Å². The SMILES string of the molecule is CCN(CC)CCCC(C)NC(=NCc1ccc(OC)cc1)NCCc1ccco1. The molecule has 1 aromatic carbocycles. The largest absolute Gasteiger partial charge is 0.497 e. The summed E-state index contributed by atoms with van der Waals surface area (Å²) in [4.78, 5) is 7.26. The molecule has 2 N–H and O–H groups in total. The first-order valence-corrected chi connectivity index (χ1v) is 11.1. The fourth-order valence-electron chi connectivity index (χ4n) is 3.28. The first-order valence-electron chi connectivity index (χ1n) is 11.1. The Bertz CT molecular complexity index is 709. The second-order valence-electron chi connectivity index (χ2n) is 7.48. The fraction of sp³-hybridized carbons (Fsp3) is 0.542. The topological polar surface area (TPSA) is 62.0 Å². The van der Waals surface area contributed by atoms with E-state index in [1.165, 1.54) is 6.42 Å². The Morgan fingerprint density at radius 1 is 1.17 bits per heavy atom. The number of rotatable bonds is 13. The lowest BCUT2D eigenvalue weighted by Crippen LogP contribution is -2.43. The van der Waals surface area contributed by atoms with Crippen molar-refractivity contribution in [2.45, 2.75) is 52.6 Å². The highest BCUT2D eigenvalue weighted by atomic mass is 16.5. The molecule has 1 unspecified atom stereocenters. The molecule has 1 atom stereocenters. The number of furan rings is 1. The highest BCUT2D eigenvalue weighted by Gasteiger charge is 2.08. The van der Waals surface area contributed by atoms with Crippen LogP contribution in [-0.4, -0.2) is 50.2 Å². The third-order valence-electron chi connectivity index (χ3n) is 5.21. The molecule has 1 aromatic heterocycles. The van der Waals surface area contributed by atoms with Crippen molar-refractivity contribution in [1.82, 2.24) is 15.5 Å². The van der Waals surface area contributed by atoms with Crippen molar-refractivity contribution in [2.24, 2.45) is 4.99 Å². The highest BCUT2D eigenvalue weighted by Crippen LogP contribution is 2.12. The number of aliphatic imine (C=N–C) groups is 1. The van der Waals surface area contributed by atoms with Crippen molar-refractivity contribution in [3.05, 3.63) is 54.0 Å². The highest BCUT2D eigenvalue weighted by molar-refractivity contribution is 5.80. The molecule has 0 bridgehead atoms. The zero-order valence-electron chi connectivity index (χ0n) is 19.0. The summed E-state index contributed by atoms with van der Waals surface area (Å²) in [6.45, 7) is 11.4. The minimum atomic E-state index is 0.353. The Morgan fingerprint density at radius 2 is 1.93 bits per heavy atom. The van der Waals surface area contributed by atoms with Crippen LogP contribution in [-0.2, 0) is 13.0 Å². The summed E-state index contributed by atoms with van der Waals surface area (Å²) < 4.78 is 10.7. The van der Waals surface area contributed by atoms with Gasteiger partial charge in [-0.3, -0.25) is 0 Å². The van der Waals surface area contributed by atoms with Gasteiger partial charge < -0.3 is 24.7 Å². The Balaban J connectivity index is 1.89. The number of methoxy groups -OCH3 is 1. The third-order valence-corrected chi connectivity index (χ3v) is 5.21. The first kappa shape index (κ1) is 23.8. The smallest absolute Gasteiger partial charge is 0.191 e. The van der Waals surface area contributed by atoms with Crippen molar-refractivity contribution >= 4 is 5.96 Å². The molecule has 0 aliphatic heterocycles. The van der Waals surface area contributed by atoms with Crippen LogP contribution in [0.5, 0.6) is 5.75 Å². The number of nitrogens with zero attached hydrogens (tertiary/aromatic N) is 2. The summed E-state index contributed by atoms with van der Waals surface area (Å²) in [5.74, 6) is 2.68. The maximum Gasteiger partial charge on any atom is 0.191 e. The molecule has 0 spiro atoms. The molecule has 0 saturated carbocycles. The number of nitrogens with one attached hydrogen (secondary N) is 2. The Kier molecular flexibility index (Phi) is 10.9. The molecule has 0 amide bonds. The molecule has 2 aromatic rings. The zero-order valence-corrected chi connectivity index (χ0v) is 19.0. The number of benzene rings is 1. The fourth-order valence-corrected chi connectivity index (χ4v) is 3.28. The van der Waals surface area contributed by atoms with Crippen LogP contribution in [0.15, 0.2) is 52.1 Å². The van der Waals surface area contributed by atoms with Gasteiger partial charge in [-0.05, 0) is 69.2 Å². The maximum absolute atomic E-state index is 5.43. The van der Waals surface area contributed by atoms with E-state index < -0.39 is 0 Å². The van der Waals surface area contributed by atoms with Gasteiger partial charge in [-0.25, -0.2) is 4.99 Å². The quantitative estimate of drug-likeness (QED) is 0.382. The van der Waals surface area contributed by atoms with Gasteiger partial charge in [-0.2, -0.15) is 0 Å².